The van der Waals surface area contributed by atoms with Gasteiger partial charge in [-0.15, -0.1) is 11.3 Å². The lowest BCUT2D eigenvalue weighted by Gasteiger charge is -2.11. The Hall–Kier alpha value is -2.08. The summed E-state index contributed by atoms with van der Waals surface area (Å²) in [5, 5.41) is 3.30. The zero-order valence-electron chi connectivity index (χ0n) is 12.4. The number of hydrogen-bond donors (Lipinski definition) is 0. The van der Waals surface area contributed by atoms with Gasteiger partial charge in [0.1, 0.15) is 0 Å². The molecule has 0 N–H and O–H groups in total. The SMILES string of the molecule is O=S(=O)(c1ccccc1)n1c(-c2cccs2)cc2cc(Cl)ccc21. The van der Waals surface area contributed by atoms with Gasteiger partial charge in [0, 0.05) is 10.4 Å². The predicted octanol–water partition coefficient (Wildman–Crippen LogP) is 5.26. The number of rotatable bonds is 3. The Kier molecular flexibility index (Phi) is 3.72. The molecule has 0 saturated heterocycles. The van der Waals surface area contributed by atoms with Gasteiger partial charge in [-0.1, -0.05) is 35.9 Å². The Bertz CT molecular complexity index is 1110. The summed E-state index contributed by atoms with van der Waals surface area (Å²) in [7, 11) is -3.71. The van der Waals surface area contributed by atoms with Crippen molar-refractivity contribution in [3.05, 3.63) is 77.1 Å². The third kappa shape index (κ3) is 2.45. The normalized spacial score (nSPS) is 11.9. The first-order valence-corrected chi connectivity index (χ1v) is 9.93. The van der Waals surface area contributed by atoms with Crippen molar-refractivity contribution in [1.29, 1.82) is 0 Å². The molecule has 0 bridgehead atoms. The highest BCUT2D eigenvalue weighted by Crippen LogP contribution is 2.35. The first-order valence-electron chi connectivity index (χ1n) is 7.23. The predicted molar refractivity (Wildman–Crippen MR) is 99.3 cm³/mol. The molecule has 24 heavy (non-hydrogen) atoms. The summed E-state index contributed by atoms with van der Waals surface area (Å²) in [6, 6.07) is 19.4. The molecule has 120 valence electrons. The van der Waals surface area contributed by atoms with Gasteiger partial charge in [0.15, 0.2) is 0 Å². The molecule has 4 aromatic rings. The van der Waals surface area contributed by atoms with Crippen LogP contribution in [-0.4, -0.2) is 12.4 Å². The number of halogens is 1. The monoisotopic (exact) mass is 373 g/mol. The summed E-state index contributed by atoms with van der Waals surface area (Å²) >= 11 is 7.58. The van der Waals surface area contributed by atoms with E-state index in [1.165, 1.54) is 15.3 Å². The molecular weight excluding hydrogens is 362 g/mol. The van der Waals surface area contributed by atoms with E-state index < -0.39 is 10.0 Å². The topological polar surface area (TPSA) is 39.1 Å². The van der Waals surface area contributed by atoms with E-state index in [9.17, 15) is 8.42 Å². The van der Waals surface area contributed by atoms with E-state index in [1.54, 1.807) is 48.5 Å². The molecule has 0 atom stereocenters. The molecule has 0 radical (unpaired) electrons. The van der Waals surface area contributed by atoms with Crippen molar-refractivity contribution in [1.82, 2.24) is 3.97 Å². The van der Waals surface area contributed by atoms with E-state index in [0.29, 0.717) is 16.2 Å². The summed E-state index contributed by atoms with van der Waals surface area (Å²) in [6.45, 7) is 0. The molecule has 0 saturated carbocycles. The van der Waals surface area contributed by atoms with Crippen LogP contribution in [0.15, 0.2) is 77.0 Å². The minimum atomic E-state index is -3.71. The van der Waals surface area contributed by atoms with Crippen molar-refractivity contribution < 1.29 is 8.42 Å². The van der Waals surface area contributed by atoms with E-state index in [2.05, 4.69) is 0 Å². The van der Waals surface area contributed by atoms with Gasteiger partial charge >= 0.3 is 0 Å². The van der Waals surface area contributed by atoms with E-state index in [0.717, 1.165) is 10.3 Å². The molecule has 2 aromatic carbocycles. The number of aromatic nitrogens is 1. The Labute approximate surface area is 148 Å². The standard InChI is InChI=1S/C18H12ClNO2S2/c19-14-8-9-16-13(11-14)12-17(18-7-4-10-23-18)20(16)24(21,22)15-5-2-1-3-6-15/h1-12H. The van der Waals surface area contributed by atoms with Gasteiger partial charge in [-0.2, -0.15) is 0 Å². The van der Waals surface area contributed by atoms with Crippen molar-refractivity contribution in [2.75, 3.05) is 0 Å². The maximum atomic E-state index is 13.2. The number of fused-ring (bicyclic) bond motifs is 1. The van der Waals surface area contributed by atoms with Gasteiger partial charge < -0.3 is 0 Å². The summed E-state index contributed by atoms with van der Waals surface area (Å²) in [5.74, 6) is 0. The van der Waals surface area contributed by atoms with Gasteiger partial charge in [0.05, 0.1) is 21.0 Å². The van der Waals surface area contributed by atoms with Gasteiger partial charge in [0.25, 0.3) is 10.0 Å². The summed E-state index contributed by atoms with van der Waals surface area (Å²) in [6.07, 6.45) is 0. The van der Waals surface area contributed by atoms with Crippen molar-refractivity contribution in [3.63, 3.8) is 0 Å². The summed E-state index contributed by atoms with van der Waals surface area (Å²) in [4.78, 5) is 1.15. The Morgan fingerprint density at radius 2 is 1.71 bits per heavy atom. The molecule has 0 unspecified atom stereocenters. The van der Waals surface area contributed by atoms with Crippen LogP contribution in [0.3, 0.4) is 0 Å². The lowest BCUT2D eigenvalue weighted by molar-refractivity contribution is 0.589. The van der Waals surface area contributed by atoms with Crippen molar-refractivity contribution >= 4 is 43.9 Å². The smallest absolute Gasteiger partial charge is 0.232 e. The fourth-order valence-electron chi connectivity index (χ4n) is 2.71. The van der Waals surface area contributed by atoms with Crippen molar-refractivity contribution in [3.8, 4) is 10.6 Å². The van der Waals surface area contributed by atoms with Crippen LogP contribution in [0.5, 0.6) is 0 Å². The minimum absolute atomic E-state index is 0.259. The number of benzene rings is 2. The average Bonchev–Trinajstić information content (AvgIpc) is 3.22. The quantitative estimate of drug-likeness (QED) is 0.491. The van der Waals surface area contributed by atoms with E-state index >= 15 is 0 Å². The second-order valence-corrected chi connectivity index (χ2v) is 8.46. The summed E-state index contributed by atoms with van der Waals surface area (Å²) < 4.78 is 27.9. The molecule has 0 aliphatic heterocycles. The molecule has 2 heterocycles. The minimum Gasteiger partial charge on any atom is -0.232 e. The molecule has 2 aromatic heterocycles. The second kappa shape index (κ2) is 5.77. The first kappa shape index (κ1) is 15.4. The van der Waals surface area contributed by atoms with Crippen LogP contribution in [-0.2, 0) is 10.0 Å². The van der Waals surface area contributed by atoms with Crippen LogP contribution in [0.1, 0.15) is 0 Å². The van der Waals surface area contributed by atoms with Gasteiger partial charge in [0.2, 0.25) is 0 Å². The fraction of sp³-hybridized carbons (Fsp3) is 0. The van der Waals surface area contributed by atoms with Crippen LogP contribution in [0, 0.1) is 0 Å². The lowest BCUT2D eigenvalue weighted by Crippen LogP contribution is -2.13. The third-order valence-corrected chi connectivity index (χ3v) is 6.64. The highest BCUT2D eigenvalue weighted by atomic mass is 35.5. The van der Waals surface area contributed by atoms with Crippen molar-refractivity contribution in [2.24, 2.45) is 0 Å². The highest BCUT2D eigenvalue weighted by Gasteiger charge is 2.24. The maximum absolute atomic E-state index is 13.2. The molecule has 0 aliphatic rings. The van der Waals surface area contributed by atoms with E-state index in [-0.39, 0.29) is 4.90 Å². The Morgan fingerprint density at radius 1 is 0.917 bits per heavy atom. The number of thiophene rings is 1. The average molecular weight is 374 g/mol. The van der Waals surface area contributed by atoms with Crippen molar-refractivity contribution in [2.45, 2.75) is 4.90 Å². The second-order valence-electron chi connectivity index (χ2n) is 5.29. The van der Waals surface area contributed by atoms with Crippen LogP contribution in [0.2, 0.25) is 5.02 Å². The van der Waals surface area contributed by atoms with Crippen LogP contribution in [0.4, 0.5) is 0 Å². The number of hydrogen-bond acceptors (Lipinski definition) is 3. The van der Waals surface area contributed by atoms with Crippen LogP contribution in [0.25, 0.3) is 21.5 Å². The largest absolute Gasteiger partial charge is 0.268 e. The molecule has 0 spiro atoms. The van der Waals surface area contributed by atoms with Crippen LogP contribution < -0.4 is 0 Å². The molecule has 6 heteroatoms. The molecule has 0 amide bonds. The van der Waals surface area contributed by atoms with Gasteiger partial charge in [-0.25, -0.2) is 12.4 Å². The van der Waals surface area contributed by atoms with E-state index in [4.69, 9.17) is 11.6 Å². The van der Waals surface area contributed by atoms with Gasteiger partial charge in [-0.3, -0.25) is 0 Å². The van der Waals surface area contributed by atoms with Gasteiger partial charge in [-0.05, 0) is 47.8 Å². The van der Waals surface area contributed by atoms with E-state index in [1.807, 2.05) is 23.6 Å². The molecule has 0 aliphatic carbocycles. The summed E-state index contributed by atoms with van der Waals surface area (Å²) in [5.41, 5.74) is 1.26. The molecule has 3 nitrogen and oxygen atoms in total. The zero-order valence-corrected chi connectivity index (χ0v) is 14.8. The lowest BCUT2D eigenvalue weighted by atomic mass is 10.2. The number of nitrogens with zero attached hydrogens (tertiary/aromatic N) is 1. The molecule has 4 rings (SSSR count). The molecule has 0 fully saturated rings. The third-order valence-electron chi connectivity index (χ3n) is 3.77. The molecular formula is C18H12ClNO2S2. The highest BCUT2D eigenvalue weighted by molar-refractivity contribution is 7.90. The zero-order chi connectivity index (χ0) is 16.7. The first-order chi connectivity index (χ1) is 11.6. The Morgan fingerprint density at radius 3 is 2.42 bits per heavy atom. The fourth-order valence-corrected chi connectivity index (χ4v) is 5.23. The Balaban J connectivity index is 2.09. The van der Waals surface area contributed by atoms with Crippen LogP contribution >= 0.6 is 22.9 Å². The maximum Gasteiger partial charge on any atom is 0.268 e.